The molecular weight excluding hydrogens is 250 g/mol. The molecule has 1 aromatic rings. The maximum absolute atomic E-state index is 11.5. The number of cyclic esters (lactones) is 1. The fraction of sp³-hybridized carbons (Fsp3) is 0.385. The molecule has 1 heterocycles. The van der Waals surface area contributed by atoms with Crippen molar-refractivity contribution in [3.63, 3.8) is 0 Å². The van der Waals surface area contributed by atoms with E-state index in [1.54, 1.807) is 18.7 Å². The van der Waals surface area contributed by atoms with E-state index in [2.05, 4.69) is 5.32 Å². The summed E-state index contributed by atoms with van der Waals surface area (Å²) >= 11 is 1.66. The molecule has 0 bridgehead atoms. The Kier molecular flexibility index (Phi) is 4.25. The summed E-state index contributed by atoms with van der Waals surface area (Å²) in [5.41, 5.74) is 0. The fourth-order valence-electron chi connectivity index (χ4n) is 1.66. The molecular formula is C13H15NO3S. The molecule has 1 aliphatic heterocycles. The van der Waals surface area contributed by atoms with Crippen molar-refractivity contribution in [2.45, 2.75) is 30.4 Å². The largest absolute Gasteiger partial charge is 0.451 e. The molecule has 1 saturated heterocycles. The van der Waals surface area contributed by atoms with Gasteiger partial charge >= 0.3 is 5.97 Å². The Labute approximate surface area is 110 Å². The second-order valence-electron chi connectivity index (χ2n) is 4.09. The Morgan fingerprint density at radius 1 is 1.28 bits per heavy atom. The summed E-state index contributed by atoms with van der Waals surface area (Å²) in [5, 5.41) is 2.68. The highest BCUT2D eigenvalue weighted by atomic mass is 32.2. The number of thioether (sulfide) groups is 1. The lowest BCUT2D eigenvalue weighted by Crippen LogP contribution is -2.53. The van der Waals surface area contributed by atoms with Crippen LogP contribution in [0, 0.1) is 0 Å². The number of nitrogens with one attached hydrogen (secondary N) is 1. The Morgan fingerprint density at radius 2 is 2.00 bits per heavy atom. The first-order valence-electron chi connectivity index (χ1n) is 5.85. The van der Waals surface area contributed by atoms with Crippen LogP contribution in [0.25, 0.3) is 0 Å². The average molecular weight is 265 g/mol. The van der Waals surface area contributed by atoms with Gasteiger partial charge in [0.1, 0.15) is 6.04 Å². The van der Waals surface area contributed by atoms with E-state index in [1.807, 2.05) is 30.3 Å². The summed E-state index contributed by atoms with van der Waals surface area (Å²) in [4.78, 5) is 24.1. The van der Waals surface area contributed by atoms with E-state index < -0.39 is 12.1 Å². The third-order valence-corrected chi connectivity index (χ3v) is 3.73. The highest BCUT2D eigenvalue weighted by Crippen LogP contribution is 2.19. The molecule has 1 aromatic carbocycles. The smallest absolute Gasteiger partial charge is 0.329 e. The maximum atomic E-state index is 11.5. The van der Waals surface area contributed by atoms with E-state index in [1.165, 1.54) is 0 Å². The van der Waals surface area contributed by atoms with Crippen LogP contribution >= 0.6 is 11.8 Å². The molecule has 96 valence electrons. The molecule has 2 unspecified atom stereocenters. The molecule has 0 aromatic heterocycles. The molecule has 4 nitrogen and oxygen atoms in total. The van der Waals surface area contributed by atoms with Crippen LogP contribution < -0.4 is 5.32 Å². The van der Waals surface area contributed by atoms with Crippen molar-refractivity contribution in [1.82, 2.24) is 5.32 Å². The number of morpholine rings is 1. The zero-order valence-electron chi connectivity index (χ0n) is 10.1. The number of ether oxygens (including phenoxy) is 1. The number of benzene rings is 1. The van der Waals surface area contributed by atoms with Crippen LogP contribution in [0.5, 0.6) is 0 Å². The lowest BCUT2D eigenvalue weighted by molar-refractivity contribution is -0.164. The number of hydrogen-bond donors (Lipinski definition) is 1. The summed E-state index contributed by atoms with van der Waals surface area (Å²) in [6.45, 7) is 1.57. The van der Waals surface area contributed by atoms with E-state index >= 15 is 0 Å². The normalized spacial score (nSPS) is 23.4. The second kappa shape index (κ2) is 5.91. The van der Waals surface area contributed by atoms with Crippen LogP contribution in [0.2, 0.25) is 0 Å². The minimum Gasteiger partial charge on any atom is -0.451 e. The summed E-state index contributed by atoms with van der Waals surface area (Å²) in [5.74, 6) is 0.207. The minimum absolute atomic E-state index is 0.218. The number of carbonyl (C=O) groups is 2. The zero-order valence-corrected chi connectivity index (χ0v) is 10.9. The molecule has 18 heavy (non-hydrogen) atoms. The van der Waals surface area contributed by atoms with E-state index in [9.17, 15) is 9.59 Å². The Balaban J connectivity index is 1.80. The Hall–Kier alpha value is -1.49. The lowest BCUT2D eigenvalue weighted by atomic mass is 10.2. The van der Waals surface area contributed by atoms with Crippen molar-refractivity contribution in [3.05, 3.63) is 30.3 Å². The SMILES string of the molecule is CC1OC(=O)C(CCSc2ccccc2)NC1=O. The highest BCUT2D eigenvalue weighted by Gasteiger charge is 2.32. The first kappa shape index (κ1) is 13.0. The molecule has 1 N–H and O–H groups in total. The van der Waals surface area contributed by atoms with Crippen molar-refractivity contribution in [2.24, 2.45) is 0 Å². The van der Waals surface area contributed by atoms with Crippen molar-refractivity contribution in [2.75, 3.05) is 5.75 Å². The minimum atomic E-state index is -0.671. The predicted molar refractivity (Wildman–Crippen MR) is 69.3 cm³/mol. The molecule has 0 radical (unpaired) electrons. The van der Waals surface area contributed by atoms with Gasteiger partial charge < -0.3 is 10.1 Å². The predicted octanol–water partition coefficient (Wildman–Crippen LogP) is 1.60. The van der Waals surface area contributed by atoms with Crippen LogP contribution in [-0.2, 0) is 14.3 Å². The lowest BCUT2D eigenvalue weighted by Gasteiger charge is -2.26. The number of carbonyl (C=O) groups excluding carboxylic acids is 2. The summed E-state index contributed by atoms with van der Waals surface area (Å²) in [6, 6.07) is 9.44. The molecule has 1 amide bonds. The van der Waals surface area contributed by atoms with E-state index in [0.717, 1.165) is 10.6 Å². The molecule has 2 atom stereocenters. The fourth-order valence-corrected chi connectivity index (χ4v) is 2.60. The van der Waals surface area contributed by atoms with Gasteiger partial charge in [-0.25, -0.2) is 4.79 Å². The molecule has 1 fully saturated rings. The topological polar surface area (TPSA) is 55.4 Å². The second-order valence-corrected chi connectivity index (χ2v) is 5.26. The van der Waals surface area contributed by atoms with Crippen LogP contribution in [0.4, 0.5) is 0 Å². The summed E-state index contributed by atoms with van der Waals surface area (Å²) < 4.78 is 4.95. The number of amides is 1. The average Bonchev–Trinajstić information content (AvgIpc) is 2.37. The van der Waals surface area contributed by atoms with Crippen LogP contribution in [-0.4, -0.2) is 29.8 Å². The molecule has 1 aliphatic rings. The quantitative estimate of drug-likeness (QED) is 0.663. The van der Waals surface area contributed by atoms with Crippen molar-refractivity contribution >= 4 is 23.6 Å². The first-order chi connectivity index (χ1) is 8.66. The zero-order chi connectivity index (χ0) is 13.0. The highest BCUT2D eigenvalue weighted by molar-refractivity contribution is 7.99. The van der Waals surface area contributed by atoms with Gasteiger partial charge in [0.25, 0.3) is 5.91 Å². The van der Waals surface area contributed by atoms with Gasteiger partial charge in [0.2, 0.25) is 0 Å². The van der Waals surface area contributed by atoms with Gasteiger partial charge in [0, 0.05) is 10.6 Å². The van der Waals surface area contributed by atoms with Gasteiger partial charge in [-0.3, -0.25) is 4.79 Å². The molecule has 0 aliphatic carbocycles. The monoisotopic (exact) mass is 265 g/mol. The number of esters is 1. The third-order valence-electron chi connectivity index (χ3n) is 2.68. The summed E-state index contributed by atoms with van der Waals surface area (Å²) in [6.07, 6.45) is -0.0906. The number of hydrogen-bond acceptors (Lipinski definition) is 4. The van der Waals surface area contributed by atoms with Gasteiger partial charge in [-0.05, 0) is 25.5 Å². The Bertz CT molecular complexity index is 435. The third kappa shape index (κ3) is 3.26. The van der Waals surface area contributed by atoms with Crippen LogP contribution in [0.3, 0.4) is 0 Å². The van der Waals surface area contributed by atoms with Gasteiger partial charge in [0.05, 0.1) is 0 Å². The van der Waals surface area contributed by atoms with E-state index in [0.29, 0.717) is 6.42 Å². The van der Waals surface area contributed by atoms with Crippen LogP contribution in [0.15, 0.2) is 35.2 Å². The maximum Gasteiger partial charge on any atom is 0.329 e. The van der Waals surface area contributed by atoms with E-state index in [4.69, 9.17) is 4.74 Å². The van der Waals surface area contributed by atoms with Gasteiger partial charge in [-0.15, -0.1) is 11.8 Å². The van der Waals surface area contributed by atoms with Crippen molar-refractivity contribution < 1.29 is 14.3 Å². The van der Waals surface area contributed by atoms with Gasteiger partial charge in [0.15, 0.2) is 6.10 Å². The van der Waals surface area contributed by atoms with Crippen LogP contribution in [0.1, 0.15) is 13.3 Å². The molecule has 0 spiro atoms. The van der Waals surface area contributed by atoms with Crippen molar-refractivity contribution in [3.8, 4) is 0 Å². The van der Waals surface area contributed by atoms with E-state index in [-0.39, 0.29) is 11.9 Å². The van der Waals surface area contributed by atoms with Gasteiger partial charge in [-0.1, -0.05) is 18.2 Å². The first-order valence-corrected chi connectivity index (χ1v) is 6.84. The number of rotatable bonds is 4. The molecule has 5 heteroatoms. The standard InChI is InChI=1S/C13H15NO3S/c1-9-12(15)14-11(13(16)17-9)7-8-18-10-5-3-2-4-6-10/h2-6,9,11H,7-8H2,1H3,(H,14,15). The summed E-state index contributed by atoms with van der Waals surface area (Å²) in [7, 11) is 0. The van der Waals surface area contributed by atoms with Gasteiger partial charge in [-0.2, -0.15) is 0 Å². The van der Waals surface area contributed by atoms with Crippen molar-refractivity contribution in [1.29, 1.82) is 0 Å². The Morgan fingerprint density at radius 3 is 2.72 bits per heavy atom. The molecule has 0 saturated carbocycles. The molecule has 2 rings (SSSR count).